The predicted octanol–water partition coefficient (Wildman–Crippen LogP) is 4.63. The normalized spacial score (nSPS) is 10.7. The third-order valence-electron chi connectivity index (χ3n) is 4.25. The number of rotatable bonds is 7. The van der Waals surface area contributed by atoms with Crippen LogP contribution in [0.5, 0.6) is 5.75 Å². The van der Waals surface area contributed by atoms with Crippen molar-refractivity contribution in [3.63, 3.8) is 0 Å². The number of carbonyl (C=O) groups is 1. The molecule has 0 unspecified atom stereocenters. The number of hydrogen-bond donors (Lipinski definition) is 1. The molecule has 2 heterocycles. The number of carbonyl (C=O) groups excluding carboxylic acids is 1. The predicted molar refractivity (Wildman–Crippen MR) is 109 cm³/mol. The van der Waals surface area contributed by atoms with Gasteiger partial charge in [0.2, 0.25) is 0 Å². The smallest absolute Gasteiger partial charge is 0.287 e. The van der Waals surface area contributed by atoms with Crippen LogP contribution in [0, 0.1) is 0 Å². The Morgan fingerprint density at radius 2 is 1.90 bits per heavy atom. The second kappa shape index (κ2) is 8.67. The zero-order chi connectivity index (χ0) is 20.1. The number of furan rings is 1. The first kappa shape index (κ1) is 18.8. The molecule has 1 amide bonds. The summed E-state index contributed by atoms with van der Waals surface area (Å²) in [6.07, 6.45) is 3.60. The van der Waals surface area contributed by atoms with E-state index >= 15 is 0 Å². The maximum atomic E-state index is 12.3. The van der Waals surface area contributed by atoms with E-state index < -0.39 is 0 Å². The summed E-state index contributed by atoms with van der Waals surface area (Å²) in [6, 6.07) is 20.2. The largest absolute Gasteiger partial charge is 0.484 e. The summed E-state index contributed by atoms with van der Waals surface area (Å²) >= 11 is 6.06. The number of nitrogens with zero attached hydrogens (tertiary/aromatic N) is 2. The topological polar surface area (TPSA) is 69.3 Å². The van der Waals surface area contributed by atoms with E-state index in [0.29, 0.717) is 23.1 Å². The lowest BCUT2D eigenvalue weighted by Gasteiger charge is -2.06. The molecule has 6 nitrogen and oxygen atoms in total. The first-order valence-corrected chi connectivity index (χ1v) is 9.40. The Labute approximate surface area is 172 Å². The van der Waals surface area contributed by atoms with Gasteiger partial charge in [-0.3, -0.25) is 4.79 Å². The highest BCUT2D eigenvalue weighted by molar-refractivity contribution is 6.32. The molecule has 0 fully saturated rings. The van der Waals surface area contributed by atoms with Crippen LogP contribution in [-0.2, 0) is 13.2 Å². The van der Waals surface area contributed by atoms with Crippen molar-refractivity contribution in [2.75, 3.05) is 0 Å². The van der Waals surface area contributed by atoms with Crippen LogP contribution in [0.15, 0.2) is 83.5 Å². The van der Waals surface area contributed by atoms with Gasteiger partial charge < -0.3 is 14.5 Å². The van der Waals surface area contributed by atoms with E-state index in [1.807, 2.05) is 48.7 Å². The highest BCUT2D eigenvalue weighted by Crippen LogP contribution is 2.24. The van der Waals surface area contributed by atoms with Gasteiger partial charge in [-0.05, 0) is 48.0 Å². The highest BCUT2D eigenvalue weighted by Gasteiger charge is 2.12. The summed E-state index contributed by atoms with van der Waals surface area (Å²) in [5.41, 5.74) is 1.93. The first-order valence-electron chi connectivity index (χ1n) is 9.02. The van der Waals surface area contributed by atoms with E-state index in [4.69, 9.17) is 20.8 Å². The molecule has 0 atom stereocenters. The zero-order valence-electron chi connectivity index (χ0n) is 15.4. The molecule has 7 heteroatoms. The second-order valence-electron chi connectivity index (χ2n) is 6.28. The van der Waals surface area contributed by atoms with Crippen molar-refractivity contribution in [3.05, 3.63) is 101 Å². The minimum Gasteiger partial charge on any atom is -0.484 e. The van der Waals surface area contributed by atoms with Crippen molar-refractivity contribution in [2.24, 2.45) is 0 Å². The van der Waals surface area contributed by atoms with Crippen LogP contribution >= 0.6 is 11.6 Å². The van der Waals surface area contributed by atoms with Gasteiger partial charge in [0.25, 0.3) is 5.91 Å². The monoisotopic (exact) mass is 407 g/mol. The lowest BCUT2D eigenvalue weighted by Crippen LogP contribution is -2.22. The van der Waals surface area contributed by atoms with Gasteiger partial charge in [-0.2, -0.15) is 5.10 Å². The summed E-state index contributed by atoms with van der Waals surface area (Å²) in [6.45, 7) is 0.580. The summed E-state index contributed by atoms with van der Waals surface area (Å²) < 4.78 is 13.0. The van der Waals surface area contributed by atoms with Crippen LogP contribution in [0.1, 0.15) is 21.9 Å². The van der Waals surface area contributed by atoms with Crippen molar-refractivity contribution >= 4 is 17.5 Å². The molecule has 0 aliphatic rings. The Balaban J connectivity index is 1.30. The molecule has 0 bridgehead atoms. The Hall–Kier alpha value is -3.51. The van der Waals surface area contributed by atoms with E-state index in [9.17, 15) is 4.79 Å². The average molecular weight is 408 g/mol. The summed E-state index contributed by atoms with van der Waals surface area (Å²) in [7, 11) is 0. The third kappa shape index (κ3) is 4.67. The maximum Gasteiger partial charge on any atom is 0.287 e. The van der Waals surface area contributed by atoms with Gasteiger partial charge in [0, 0.05) is 18.9 Å². The van der Waals surface area contributed by atoms with Crippen LogP contribution in [0.25, 0.3) is 5.69 Å². The van der Waals surface area contributed by atoms with Gasteiger partial charge in [-0.15, -0.1) is 0 Å². The molecule has 0 saturated heterocycles. The standard InChI is InChI=1S/C22H18ClN3O3/c23-19-4-1-2-5-20(19)28-15-18-10-11-21(29-18)22(27)24-14-16-6-8-17(9-7-16)26-13-3-12-25-26/h1-13H,14-15H2,(H,24,27). The summed E-state index contributed by atoms with van der Waals surface area (Å²) in [4.78, 5) is 12.3. The first-order chi connectivity index (χ1) is 14.2. The zero-order valence-corrected chi connectivity index (χ0v) is 16.2. The van der Waals surface area contributed by atoms with E-state index in [2.05, 4.69) is 10.4 Å². The molecule has 0 aliphatic heterocycles. The number of nitrogens with one attached hydrogen (secondary N) is 1. The van der Waals surface area contributed by atoms with Crippen molar-refractivity contribution in [1.82, 2.24) is 15.1 Å². The Bertz CT molecular complexity index is 1090. The molecule has 2 aromatic carbocycles. The fourth-order valence-corrected chi connectivity index (χ4v) is 2.94. The van der Waals surface area contributed by atoms with Gasteiger partial charge >= 0.3 is 0 Å². The molecule has 0 spiro atoms. The van der Waals surface area contributed by atoms with Crippen molar-refractivity contribution in [2.45, 2.75) is 13.2 Å². The van der Waals surface area contributed by atoms with Gasteiger partial charge in [-0.25, -0.2) is 4.68 Å². The maximum absolute atomic E-state index is 12.3. The van der Waals surface area contributed by atoms with Crippen LogP contribution in [-0.4, -0.2) is 15.7 Å². The number of hydrogen-bond acceptors (Lipinski definition) is 4. The van der Waals surface area contributed by atoms with E-state index in [-0.39, 0.29) is 18.3 Å². The lowest BCUT2D eigenvalue weighted by atomic mass is 10.2. The molecule has 4 aromatic rings. The number of aromatic nitrogens is 2. The van der Waals surface area contributed by atoms with Gasteiger partial charge in [-0.1, -0.05) is 35.9 Å². The van der Waals surface area contributed by atoms with Crippen molar-refractivity contribution in [1.29, 1.82) is 0 Å². The minimum absolute atomic E-state index is 0.186. The Morgan fingerprint density at radius 3 is 2.66 bits per heavy atom. The molecule has 0 aliphatic carbocycles. The van der Waals surface area contributed by atoms with E-state index in [1.54, 1.807) is 35.1 Å². The number of para-hydroxylation sites is 1. The molecule has 4 rings (SSSR count). The SMILES string of the molecule is O=C(NCc1ccc(-n2cccn2)cc1)c1ccc(COc2ccccc2Cl)o1. The minimum atomic E-state index is -0.287. The fraction of sp³-hybridized carbons (Fsp3) is 0.0909. The van der Waals surface area contributed by atoms with Gasteiger partial charge in [0.1, 0.15) is 18.1 Å². The fourth-order valence-electron chi connectivity index (χ4n) is 2.75. The van der Waals surface area contributed by atoms with Crippen molar-refractivity contribution < 1.29 is 13.9 Å². The molecular formula is C22H18ClN3O3. The van der Waals surface area contributed by atoms with Crippen LogP contribution in [0.2, 0.25) is 5.02 Å². The molecule has 29 heavy (non-hydrogen) atoms. The lowest BCUT2D eigenvalue weighted by molar-refractivity contribution is 0.0919. The Morgan fingerprint density at radius 1 is 1.07 bits per heavy atom. The quantitative estimate of drug-likeness (QED) is 0.485. The Kier molecular flexibility index (Phi) is 5.63. The number of ether oxygens (including phenoxy) is 1. The molecular weight excluding hydrogens is 390 g/mol. The number of amides is 1. The molecule has 2 aromatic heterocycles. The van der Waals surface area contributed by atoms with Crippen LogP contribution in [0.4, 0.5) is 0 Å². The molecule has 0 saturated carbocycles. The molecule has 0 radical (unpaired) electrons. The number of benzene rings is 2. The molecule has 1 N–H and O–H groups in total. The molecule has 146 valence electrons. The highest BCUT2D eigenvalue weighted by atomic mass is 35.5. The van der Waals surface area contributed by atoms with E-state index in [1.165, 1.54) is 0 Å². The van der Waals surface area contributed by atoms with Crippen molar-refractivity contribution in [3.8, 4) is 11.4 Å². The second-order valence-corrected chi connectivity index (χ2v) is 6.69. The summed E-state index contributed by atoms with van der Waals surface area (Å²) in [5.74, 6) is 1.05. The summed E-state index contributed by atoms with van der Waals surface area (Å²) in [5, 5.41) is 7.56. The van der Waals surface area contributed by atoms with Gasteiger partial charge in [0.05, 0.1) is 10.7 Å². The van der Waals surface area contributed by atoms with Crippen LogP contribution in [0.3, 0.4) is 0 Å². The third-order valence-corrected chi connectivity index (χ3v) is 4.56. The number of halogens is 1. The average Bonchev–Trinajstić information content (AvgIpc) is 3.44. The van der Waals surface area contributed by atoms with Crippen LogP contribution < -0.4 is 10.1 Å². The van der Waals surface area contributed by atoms with E-state index in [0.717, 1.165) is 11.3 Å². The van der Waals surface area contributed by atoms with Gasteiger partial charge in [0.15, 0.2) is 5.76 Å².